The van der Waals surface area contributed by atoms with Crippen molar-refractivity contribution in [3.8, 4) is 0 Å². The minimum Gasteiger partial charge on any atom is -0.365 e. The zero-order valence-corrected chi connectivity index (χ0v) is 74.0. The molecule has 18 heterocycles. The predicted molar refractivity (Wildman–Crippen MR) is 522 cm³/mol. The number of anilines is 18. The number of para-hydroxylation sites is 1. The van der Waals surface area contributed by atoms with E-state index in [-0.39, 0.29) is 17.2 Å². The van der Waals surface area contributed by atoms with Crippen LogP contribution in [0, 0.1) is 6.92 Å². The van der Waals surface area contributed by atoms with Crippen LogP contribution in [0.4, 0.5) is 118 Å². The number of aromatic nitrogens is 30. The molecule has 18 aromatic heterocycles. The van der Waals surface area contributed by atoms with Gasteiger partial charge in [-0.2, -0.15) is 73.0 Å². The van der Waals surface area contributed by atoms with E-state index in [1.165, 1.54) is 63.9 Å². The lowest BCUT2D eigenvalue weighted by atomic mass is 10.1. The van der Waals surface area contributed by atoms with Crippen molar-refractivity contribution in [3.63, 3.8) is 0 Å². The Balaban J connectivity index is 0.0000000960. The first-order chi connectivity index (χ1) is 67.7. The molecule has 0 unspecified atom stereocenters. The largest absolute Gasteiger partial charge is 0.418 e. The third-order valence-corrected chi connectivity index (χ3v) is 22.7. The van der Waals surface area contributed by atoms with Crippen LogP contribution < -0.4 is 63.8 Å². The van der Waals surface area contributed by atoms with Gasteiger partial charge in [0, 0.05) is 107 Å². The average molecular weight is 1870 g/mol. The number of nitrogens with one attached hydrogen (secondary N) is 18. The van der Waals surface area contributed by atoms with E-state index < -0.39 is 11.7 Å². The van der Waals surface area contributed by atoms with Crippen molar-refractivity contribution in [2.24, 2.45) is 0 Å². The maximum Gasteiger partial charge on any atom is 0.418 e. The Bertz CT molecular complexity index is 7630. The van der Waals surface area contributed by atoms with Gasteiger partial charge in [0.1, 0.15) is 38.9 Å². The number of hydrogen-bond acceptors (Lipinski definition) is 36. The highest BCUT2D eigenvalue weighted by molar-refractivity contribution is 6.38. The van der Waals surface area contributed by atoms with E-state index in [2.05, 4.69) is 213 Å². The molecule has 0 atom stereocenters. The molecule has 0 saturated heterocycles. The third kappa shape index (κ3) is 20.7. The van der Waals surface area contributed by atoms with E-state index in [1.807, 2.05) is 104 Å². The second-order valence-electron chi connectivity index (χ2n) is 33.4. The van der Waals surface area contributed by atoms with E-state index in [4.69, 9.17) is 11.6 Å². The fourth-order valence-corrected chi connectivity index (χ4v) is 14.9. The second kappa shape index (κ2) is 37.8. The molecule has 6 aliphatic rings. The highest BCUT2D eigenvalue weighted by atomic mass is 35.5. The van der Waals surface area contributed by atoms with Gasteiger partial charge in [0.05, 0.1) is 88.4 Å². The maximum atomic E-state index is 13.5. The Labute approximate surface area is 783 Å². The molecule has 27 rings (SSSR count). The Morgan fingerprint density at radius 3 is 1.13 bits per heavy atom. The average Bonchev–Trinajstić information content (AvgIpc) is 1.14. The lowest BCUT2D eigenvalue weighted by molar-refractivity contribution is -0.136. The van der Waals surface area contributed by atoms with Crippen LogP contribution in [0.2, 0.25) is 5.02 Å². The number of imidazole rings is 6. The van der Waals surface area contributed by atoms with Gasteiger partial charge in [-0.25, -0.2) is 34.9 Å². The Kier molecular flexibility index (Phi) is 23.5. The van der Waals surface area contributed by atoms with Crippen molar-refractivity contribution in [1.82, 2.24) is 150 Å². The van der Waals surface area contributed by atoms with Crippen molar-refractivity contribution < 1.29 is 13.2 Å². The zero-order chi connectivity index (χ0) is 93.0. The number of hydrogen-bond donors (Lipinski definition) is 18. The minimum absolute atomic E-state index is 0.0969. The first-order valence-corrected chi connectivity index (χ1v) is 45.1. The van der Waals surface area contributed by atoms with Crippen LogP contribution in [0.25, 0.3) is 99.7 Å². The van der Waals surface area contributed by atoms with Crippen molar-refractivity contribution in [3.05, 3.63) is 219 Å². The lowest BCUT2D eigenvalue weighted by Gasteiger charge is -2.13. The highest BCUT2D eigenvalue weighted by Crippen LogP contribution is 2.41. The second-order valence-corrected chi connectivity index (χ2v) is 33.7. The van der Waals surface area contributed by atoms with E-state index in [9.17, 15) is 13.2 Å². The number of benzene rings is 3. The van der Waals surface area contributed by atoms with E-state index in [1.54, 1.807) is 87.0 Å². The van der Waals surface area contributed by atoms with Crippen molar-refractivity contribution in [2.45, 2.75) is 126 Å². The number of fused-ring (bicyclic) bond motifs is 9. The highest BCUT2D eigenvalue weighted by Gasteiger charge is 2.35. The van der Waals surface area contributed by atoms with Gasteiger partial charge >= 0.3 is 6.18 Å². The Morgan fingerprint density at radius 2 is 0.703 bits per heavy atom. The molecule has 0 aliphatic heterocycles. The zero-order valence-electron chi connectivity index (χ0n) is 73.2. The minimum atomic E-state index is -4.53. The summed E-state index contributed by atoms with van der Waals surface area (Å²) >= 11 is 6.50. The summed E-state index contributed by atoms with van der Waals surface area (Å²) < 4.78 is 40.5. The van der Waals surface area contributed by atoms with Gasteiger partial charge in [0.2, 0.25) is 35.7 Å². The molecule has 6 aliphatic carbocycles. The van der Waals surface area contributed by atoms with Gasteiger partial charge in [-0.15, -0.1) is 0 Å². The van der Waals surface area contributed by atoms with Crippen molar-refractivity contribution in [1.29, 1.82) is 0 Å². The van der Waals surface area contributed by atoms with Gasteiger partial charge in [0.15, 0.2) is 68.8 Å². The van der Waals surface area contributed by atoms with Gasteiger partial charge in [-0.3, -0.25) is 24.9 Å². The Morgan fingerprint density at radius 1 is 0.312 bits per heavy atom. The number of aromatic amines is 6. The summed E-state index contributed by atoms with van der Waals surface area (Å²) in [6.07, 6.45) is 30.7. The molecule has 6 fully saturated rings. The summed E-state index contributed by atoms with van der Waals surface area (Å²) in [4.78, 5) is 122. The molecule has 0 radical (unpaired) electrons. The molecule has 18 N–H and O–H groups in total. The first-order valence-electron chi connectivity index (χ1n) is 44.7. The number of nitrogens with zero attached hydrogens (tertiary/aromatic N) is 24. The van der Waals surface area contributed by atoms with E-state index in [0.29, 0.717) is 133 Å². The fraction of sp³-hybridized carbons (Fsp3) is 0.217. The standard InChI is InChI=1S/C18H14F3N7.C18H17N7.C17H14ClN7.3C13H13N7/c19-18(20,21)12-7-11(6-9-2-1-5-22-13(9)12)26-17-27-15-14(23-8-24-15)16(28-17)25-10-3-4-10;1-10-8-14(12-4-2-3-5-13(12)21-10)23-18-24-16-15(19-9-20-16)17(25-18)22-11-6-7-11;18-12-11(6-3-9-2-1-7-19-13(9)12)23-17-24-15-14(20-8-21-15)16(25-17)22-10-4-5-10;1-2-8(1)17-12-10-11(16-7-15-10)19-13(20-12)18-9-3-5-14-6-4-9;1-2-9(6-14-5-1)18-13-19-11-10(15-7-16-11)12(20-13)17-8-3-4-8;1-2-6-14-9(3-1)18-13-19-11-10(15-7-16-11)12(20-13)17-8-4-5-8/h1-2,5-8,10H,3-4H2,(H3,23,24,25,26,27,28);2-5,8-9,11H,6-7H2,1H3,(H3,19,20,21,22,23,24,25);1-3,6-8,10H,4-5H2,(H3,20,21,22,23,24,25);3-8H,1-2H2,(H3,14,15,16,17,18,19,20);1-2,5-8H,3-4H2,(H3,15,16,17,18,19,20);1-3,6-8H,4-5H2,(H3,14,15,16,17,18,19,20). The van der Waals surface area contributed by atoms with Crippen LogP contribution in [-0.4, -0.2) is 186 Å². The lowest BCUT2D eigenvalue weighted by Crippen LogP contribution is -2.09. The SMILES string of the molecule is Cc1cc(Nc2nc(NC3CC3)c3[nH]cnc3n2)c2ccccc2n1.Clc1c(Nc2nc(NC3CC3)c3[nH]cnc3n2)ccc2cccnc12.FC(F)(F)c1cc(Nc2nc(NC3CC3)c3[nH]cnc3n2)cc2cccnc12.c1cc(Nc2nc(NC3CC3)c3[nH]cnc3n2)ccn1.c1ccc(Nc2nc(NC3CC3)c3[nH]cnc3n2)nc1.c1cncc(Nc2nc(NC3CC3)c3[nH]cnc3n2)c1. The smallest absolute Gasteiger partial charge is 0.365 e. The molecule has 46 heteroatoms. The van der Waals surface area contributed by atoms with Crippen LogP contribution in [0.3, 0.4) is 0 Å². The normalized spacial score (nSPS) is 14.3. The molecule has 690 valence electrons. The Hall–Kier alpha value is -17.7. The summed E-state index contributed by atoms with van der Waals surface area (Å²) in [5.41, 5.74) is 13.8. The first kappa shape index (κ1) is 85.8. The summed E-state index contributed by atoms with van der Waals surface area (Å²) in [5, 5.41) is 42.1. The van der Waals surface area contributed by atoms with Crippen molar-refractivity contribution in [2.75, 3.05) is 63.8 Å². The van der Waals surface area contributed by atoms with Crippen LogP contribution in [-0.2, 0) is 6.18 Å². The number of rotatable bonds is 24. The molecular weight excluding hydrogens is 1790 g/mol. The topological polar surface area (TPSA) is 548 Å². The van der Waals surface area contributed by atoms with Crippen LogP contribution in [0.15, 0.2) is 203 Å². The quantitative estimate of drug-likeness (QED) is 0.0267. The number of pyridine rings is 6. The number of halogens is 4. The van der Waals surface area contributed by atoms with Crippen LogP contribution >= 0.6 is 11.6 Å². The van der Waals surface area contributed by atoms with Gasteiger partial charge in [0.25, 0.3) is 0 Å². The molecule has 0 spiro atoms. The third-order valence-electron chi connectivity index (χ3n) is 22.3. The number of aryl methyl sites for hydroxylation is 1. The van der Waals surface area contributed by atoms with E-state index in [0.717, 1.165) is 133 Å². The van der Waals surface area contributed by atoms with Gasteiger partial charge in [-0.05, 0) is 163 Å². The van der Waals surface area contributed by atoms with Gasteiger partial charge in [-0.1, -0.05) is 54.1 Å². The molecule has 0 bridgehead atoms. The summed E-state index contributed by atoms with van der Waals surface area (Å²) in [7, 11) is 0. The molecule has 21 aromatic rings. The van der Waals surface area contributed by atoms with Gasteiger partial charge < -0.3 is 93.7 Å². The molecule has 138 heavy (non-hydrogen) atoms. The predicted octanol–water partition coefficient (Wildman–Crippen LogP) is 17.8. The van der Waals surface area contributed by atoms with Crippen LogP contribution in [0.5, 0.6) is 0 Å². The summed E-state index contributed by atoms with van der Waals surface area (Å²) in [5.74, 6) is 7.88. The molecule has 3 aromatic carbocycles. The fourth-order valence-electron chi connectivity index (χ4n) is 14.6. The summed E-state index contributed by atoms with van der Waals surface area (Å²) in [6, 6.07) is 39.6. The van der Waals surface area contributed by atoms with E-state index >= 15 is 0 Å². The number of alkyl halides is 3. The van der Waals surface area contributed by atoms with Crippen LogP contribution in [0.1, 0.15) is 88.3 Å². The maximum absolute atomic E-state index is 13.5. The molecular formula is C92H84ClF3N42. The summed E-state index contributed by atoms with van der Waals surface area (Å²) in [6.45, 7) is 1.98. The number of H-pyrrole nitrogens is 6. The molecule has 0 amide bonds. The molecule has 42 nitrogen and oxygen atoms in total. The monoisotopic (exact) mass is 1870 g/mol. The molecule has 6 saturated carbocycles. The van der Waals surface area contributed by atoms with Crippen molar-refractivity contribution >= 4 is 216 Å².